The van der Waals surface area contributed by atoms with Crippen molar-refractivity contribution in [3.63, 3.8) is 0 Å². The summed E-state index contributed by atoms with van der Waals surface area (Å²) < 4.78 is 44.3. The fourth-order valence-electron chi connectivity index (χ4n) is 7.66. The summed E-state index contributed by atoms with van der Waals surface area (Å²) in [6.07, 6.45) is 11.0. The van der Waals surface area contributed by atoms with Gasteiger partial charge in [0.25, 0.3) is 5.91 Å². The predicted molar refractivity (Wildman–Crippen MR) is 279 cm³/mol. The van der Waals surface area contributed by atoms with Gasteiger partial charge in [-0.25, -0.2) is 0 Å². The number of ketones is 1. The summed E-state index contributed by atoms with van der Waals surface area (Å²) in [5.41, 5.74) is 13.9. The Labute approximate surface area is 424 Å². The number of nitrogens with zero attached hydrogens (tertiary/aromatic N) is 2. The highest BCUT2D eigenvalue weighted by Crippen LogP contribution is 2.33. The number of thioether (sulfide) groups is 2. The standard InChI is InChI=1S/C51H80N6O11S2/c1-40(52)56-57-50(53)44-13-15-47(16-14-44)55-48(58)17-19-61-21-23-63-25-27-65-29-31-67-33-34-68-32-30-66-28-26-64-24-22-62-20-18-54-51(60)45-11-9-43(10-12-45)49(59)46-38-69-36-41-7-5-3-2-4-6-8-42(35-41)37-70-39-46/h9-16,41-42,46H,2-8,17-39H2,1H3,(H2,52,56)(H2,53,57)(H,54,60)(H,55,58). The number of hydrogen-bond donors (Lipinski definition) is 4. The van der Waals surface area contributed by atoms with E-state index in [4.69, 9.17) is 49.4 Å². The van der Waals surface area contributed by atoms with E-state index >= 15 is 0 Å². The van der Waals surface area contributed by atoms with E-state index in [0.29, 0.717) is 134 Å². The molecule has 2 aromatic carbocycles. The number of carbonyl (C=O) groups excluding carboxylic acids is 3. The number of anilines is 1. The van der Waals surface area contributed by atoms with Crippen LogP contribution in [0.5, 0.6) is 0 Å². The van der Waals surface area contributed by atoms with Crippen LogP contribution in [0.2, 0.25) is 0 Å². The van der Waals surface area contributed by atoms with Gasteiger partial charge in [-0.3, -0.25) is 14.4 Å². The zero-order chi connectivity index (χ0) is 49.7. The Hall–Kier alpha value is -3.63. The molecule has 0 radical (unpaired) electrons. The van der Waals surface area contributed by atoms with Gasteiger partial charge >= 0.3 is 0 Å². The molecule has 392 valence electrons. The number of carbonyl (C=O) groups is 3. The molecule has 17 nitrogen and oxygen atoms in total. The number of fused-ring (bicyclic) bond motifs is 2. The minimum Gasteiger partial charge on any atom is -0.386 e. The molecule has 1 saturated carbocycles. The number of ether oxygens (including phenoxy) is 8. The lowest BCUT2D eigenvalue weighted by molar-refractivity contribution is -0.117. The molecule has 2 aliphatic rings. The van der Waals surface area contributed by atoms with Crippen molar-refractivity contribution in [3.05, 3.63) is 65.2 Å². The van der Waals surface area contributed by atoms with Gasteiger partial charge in [-0.2, -0.15) is 23.5 Å². The molecule has 2 unspecified atom stereocenters. The zero-order valence-corrected chi connectivity index (χ0v) is 43.1. The molecule has 0 aromatic heterocycles. The molecule has 70 heavy (non-hydrogen) atoms. The van der Waals surface area contributed by atoms with Crippen LogP contribution in [0.1, 0.15) is 91.0 Å². The maximum absolute atomic E-state index is 13.6. The van der Waals surface area contributed by atoms with Crippen LogP contribution in [0.15, 0.2) is 58.7 Å². The van der Waals surface area contributed by atoms with Gasteiger partial charge in [-0.05, 0) is 85.9 Å². The Morgan fingerprint density at radius 1 is 0.543 bits per heavy atom. The lowest BCUT2D eigenvalue weighted by Crippen LogP contribution is -2.28. The highest BCUT2D eigenvalue weighted by atomic mass is 32.2. The fourth-order valence-corrected chi connectivity index (χ4v) is 10.5. The van der Waals surface area contributed by atoms with Gasteiger partial charge in [-0.15, -0.1) is 10.2 Å². The molecule has 2 amide bonds. The van der Waals surface area contributed by atoms with Crippen LogP contribution < -0.4 is 22.1 Å². The largest absolute Gasteiger partial charge is 0.386 e. The summed E-state index contributed by atoms with van der Waals surface area (Å²) >= 11 is 3.94. The highest BCUT2D eigenvalue weighted by molar-refractivity contribution is 8.00. The molecule has 1 aliphatic heterocycles. The molecule has 4 rings (SSSR count). The first-order valence-corrected chi connectivity index (χ1v) is 27.3. The lowest BCUT2D eigenvalue weighted by Gasteiger charge is -2.27. The van der Waals surface area contributed by atoms with E-state index in [2.05, 4.69) is 20.8 Å². The van der Waals surface area contributed by atoms with Crippen LogP contribution in [0, 0.1) is 17.8 Å². The van der Waals surface area contributed by atoms with Gasteiger partial charge in [-0.1, -0.05) is 44.2 Å². The van der Waals surface area contributed by atoms with Gasteiger partial charge in [0.05, 0.1) is 112 Å². The van der Waals surface area contributed by atoms with E-state index in [1.54, 1.807) is 55.5 Å². The summed E-state index contributed by atoms with van der Waals surface area (Å²) in [5.74, 6) is 6.00. The average molecular weight is 1020 g/mol. The minimum atomic E-state index is -0.185. The number of amidine groups is 2. The summed E-state index contributed by atoms with van der Waals surface area (Å²) in [5, 5.41) is 13.3. The maximum Gasteiger partial charge on any atom is 0.251 e. The molecule has 1 aliphatic carbocycles. The Bertz CT molecular complexity index is 1770. The van der Waals surface area contributed by atoms with Gasteiger partial charge in [0.2, 0.25) is 5.91 Å². The molecule has 0 spiro atoms. The number of Topliss-reactive ketones (excluding diaryl/α,β-unsaturated/α-hetero) is 1. The molecule has 1 heterocycles. The van der Waals surface area contributed by atoms with Crippen molar-refractivity contribution in [1.82, 2.24) is 5.32 Å². The fraction of sp³-hybridized carbons (Fsp3) is 0.667. The molecular formula is C51H80N6O11S2. The molecule has 2 fully saturated rings. The number of nitrogens with two attached hydrogens (primary N) is 2. The SMILES string of the molecule is C/C(N)=N/N=C(\N)c1ccc(NC(=O)CCOCCOCCOCCOCCOCCOCCOCCOCCNC(=O)c2ccc(C(=O)C3CSCC4CCCCCCCC(CSC3)C4)cc2)cc1. The minimum absolute atomic E-state index is 0.00295. The molecule has 2 aromatic rings. The first kappa shape index (κ1) is 58.9. The predicted octanol–water partition coefficient (Wildman–Crippen LogP) is 6.22. The maximum atomic E-state index is 13.6. The van der Waals surface area contributed by atoms with Crippen molar-refractivity contribution in [2.75, 3.05) is 141 Å². The average Bonchev–Trinajstić information content (AvgIpc) is 3.36. The molecule has 1 saturated heterocycles. The molecule has 19 heteroatoms. The van der Waals surface area contributed by atoms with Crippen molar-refractivity contribution in [2.45, 2.75) is 64.7 Å². The van der Waals surface area contributed by atoms with Crippen molar-refractivity contribution in [3.8, 4) is 0 Å². The van der Waals surface area contributed by atoms with Crippen LogP contribution in [0.25, 0.3) is 0 Å². The van der Waals surface area contributed by atoms with Crippen LogP contribution in [0.3, 0.4) is 0 Å². The quantitative estimate of drug-likeness (QED) is 0.0205. The third kappa shape index (κ3) is 27.3. The normalized spacial score (nSPS) is 18.5. The molecule has 2 atom stereocenters. The Morgan fingerprint density at radius 3 is 1.46 bits per heavy atom. The lowest BCUT2D eigenvalue weighted by atomic mass is 9.87. The third-order valence-corrected chi connectivity index (χ3v) is 14.1. The number of amides is 2. The van der Waals surface area contributed by atoms with Crippen molar-refractivity contribution >= 4 is 58.5 Å². The second-order valence-corrected chi connectivity index (χ2v) is 19.4. The third-order valence-electron chi connectivity index (χ3n) is 11.4. The van der Waals surface area contributed by atoms with Gasteiger partial charge < -0.3 is 60.0 Å². The van der Waals surface area contributed by atoms with Crippen molar-refractivity contribution in [2.24, 2.45) is 39.4 Å². The van der Waals surface area contributed by atoms with E-state index in [-0.39, 0.29) is 42.4 Å². The Kier molecular flexibility index (Phi) is 32.0. The van der Waals surface area contributed by atoms with E-state index in [0.717, 1.165) is 23.3 Å². The van der Waals surface area contributed by atoms with E-state index < -0.39 is 0 Å². The molecule has 6 N–H and O–H groups in total. The summed E-state index contributed by atoms with van der Waals surface area (Å²) in [7, 11) is 0. The zero-order valence-electron chi connectivity index (χ0n) is 41.4. The second kappa shape index (κ2) is 38.1. The number of nitrogens with one attached hydrogen (secondary N) is 2. The Balaban J connectivity index is 0.859. The van der Waals surface area contributed by atoms with Crippen LogP contribution in [0.4, 0.5) is 5.69 Å². The van der Waals surface area contributed by atoms with Crippen molar-refractivity contribution < 1.29 is 52.3 Å². The smallest absolute Gasteiger partial charge is 0.251 e. The summed E-state index contributed by atoms with van der Waals surface area (Å²) in [6, 6.07) is 14.0. The summed E-state index contributed by atoms with van der Waals surface area (Å²) in [6.45, 7) is 8.74. The van der Waals surface area contributed by atoms with Gasteiger partial charge in [0.1, 0.15) is 5.84 Å². The van der Waals surface area contributed by atoms with Crippen LogP contribution >= 0.6 is 23.5 Å². The van der Waals surface area contributed by atoms with Crippen LogP contribution in [-0.2, 0) is 42.7 Å². The second-order valence-electron chi connectivity index (χ2n) is 17.3. The molecule has 2 bridgehead atoms. The topological polar surface area (TPSA) is 226 Å². The van der Waals surface area contributed by atoms with E-state index in [1.165, 1.54) is 62.9 Å². The Morgan fingerprint density at radius 2 is 0.971 bits per heavy atom. The number of benzene rings is 2. The highest BCUT2D eigenvalue weighted by Gasteiger charge is 2.25. The van der Waals surface area contributed by atoms with Gasteiger partial charge in [0.15, 0.2) is 11.6 Å². The monoisotopic (exact) mass is 1020 g/mol. The molecular weight excluding hydrogens is 937 g/mol. The van der Waals surface area contributed by atoms with E-state index in [9.17, 15) is 14.4 Å². The van der Waals surface area contributed by atoms with E-state index in [1.807, 2.05) is 23.5 Å². The number of hydrogen-bond acceptors (Lipinski definition) is 15. The van der Waals surface area contributed by atoms with Crippen LogP contribution in [-0.4, -0.2) is 165 Å². The first-order chi connectivity index (χ1) is 34.3. The van der Waals surface area contributed by atoms with Crippen molar-refractivity contribution in [1.29, 1.82) is 0 Å². The van der Waals surface area contributed by atoms with Gasteiger partial charge in [0, 0.05) is 46.3 Å². The number of rotatable bonds is 33. The first-order valence-electron chi connectivity index (χ1n) is 25.0. The summed E-state index contributed by atoms with van der Waals surface area (Å²) in [4.78, 5) is 38.5.